The second kappa shape index (κ2) is 73.5. The van der Waals surface area contributed by atoms with E-state index in [1.807, 2.05) is 0 Å². The van der Waals surface area contributed by atoms with Crippen molar-refractivity contribution in [2.75, 3.05) is 13.2 Å². The Morgan fingerprint density at radius 1 is 0.333 bits per heavy atom. The molecule has 2 unspecified atom stereocenters. The van der Waals surface area contributed by atoms with Crippen LogP contribution in [0.5, 0.6) is 0 Å². The minimum absolute atomic E-state index is 0.0128. The highest BCUT2D eigenvalue weighted by molar-refractivity contribution is 5.76. The van der Waals surface area contributed by atoms with E-state index in [-0.39, 0.29) is 18.5 Å². The molecule has 1 amide bonds. The normalized spacial score (nSPS) is 12.7. The number of aliphatic hydroxyl groups is 2. The Bertz CT molecular complexity index is 1360. The molecule has 0 rings (SSSR count). The molecule has 496 valence electrons. The van der Waals surface area contributed by atoms with Crippen LogP contribution in [-0.4, -0.2) is 47.4 Å². The molecule has 0 aromatic carbocycles. The molecule has 0 bridgehead atoms. The third kappa shape index (κ3) is 69.2. The van der Waals surface area contributed by atoms with E-state index in [2.05, 4.69) is 55.6 Å². The van der Waals surface area contributed by atoms with Crippen molar-refractivity contribution in [2.24, 2.45) is 0 Å². The quantitative estimate of drug-likeness (QED) is 0.0320. The number of carbonyl (C=O) groups is 2. The molecule has 6 heteroatoms. The van der Waals surface area contributed by atoms with Gasteiger partial charge in [0.05, 0.1) is 25.4 Å². The molecule has 2 atom stereocenters. The van der Waals surface area contributed by atoms with Crippen LogP contribution in [0.2, 0.25) is 0 Å². The molecule has 0 radical (unpaired) electrons. The number of allylic oxidation sites excluding steroid dienone is 6. The summed E-state index contributed by atoms with van der Waals surface area (Å²) in [5.41, 5.74) is 0. The summed E-state index contributed by atoms with van der Waals surface area (Å²) < 4.78 is 5.50. The second-order valence-corrected chi connectivity index (χ2v) is 26.3. The molecule has 0 saturated heterocycles. The van der Waals surface area contributed by atoms with Gasteiger partial charge in [-0.3, -0.25) is 9.59 Å². The van der Waals surface area contributed by atoms with Crippen molar-refractivity contribution in [3.63, 3.8) is 0 Å². The fraction of sp³-hybridized carbons (Fsp3) is 0.897. The van der Waals surface area contributed by atoms with Gasteiger partial charge in [-0.25, -0.2) is 0 Å². The summed E-state index contributed by atoms with van der Waals surface area (Å²) >= 11 is 0. The maximum Gasteiger partial charge on any atom is 0.305 e. The van der Waals surface area contributed by atoms with E-state index in [4.69, 9.17) is 4.74 Å². The van der Waals surface area contributed by atoms with E-state index < -0.39 is 12.1 Å². The van der Waals surface area contributed by atoms with Gasteiger partial charge in [0.25, 0.3) is 0 Å². The van der Waals surface area contributed by atoms with Crippen LogP contribution in [-0.2, 0) is 14.3 Å². The number of carbonyl (C=O) groups excluding carboxylic acids is 2. The van der Waals surface area contributed by atoms with Gasteiger partial charge in [-0.1, -0.05) is 365 Å². The Morgan fingerprint density at radius 2 is 0.595 bits per heavy atom. The minimum atomic E-state index is -0.661. The van der Waals surface area contributed by atoms with Gasteiger partial charge < -0.3 is 20.3 Å². The predicted molar refractivity (Wildman–Crippen MR) is 370 cm³/mol. The first kappa shape index (κ1) is 82.1. The molecule has 6 nitrogen and oxygen atoms in total. The van der Waals surface area contributed by atoms with Crippen LogP contribution in [0.1, 0.15) is 425 Å². The van der Waals surface area contributed by atoms with E-state index >= 15 is 0 Å². The Kier molecular flexibility index (Phi) is 71.9. The largest absolute Gasteiger partial charge is 0.466 e. The van der Waals surface area contributed by atoms with Crippen LogP contribution in [0.4, 0.5) is 0 Å². The maximum absolute atomic E-state index is 12.5. The first-order valence-electron chi connectivity index (χ1n) is 38.2. The Balaban J connectivity index is 3.34. The van der Waals surface area contributed by atoms with Gasteiger partial charge in [-0.15, -0.1) is 0 Å². The number of nitrogens with one attached hydrogen (secondary N) is 1. The molecule has 3 N–H and O–H groups in total. The lowest BCUT2D eigenvalue weighted by atomic mass is 10.0. The summed E-state index contributed by atoms with van der Waals surface area (Å²) in [7, 11) is 0. The molecule has 0 aliphatic heterocycles. The average molecular weight is 1180 g/mol. The molecule has 84 heavy (non-hydrogen) atoms. The van der Waals surface area contributed by atoms with Gasteiger partial charge in [0.1, 0.15) is 0 Å². The number of unbranched alkanes of at least 4 members (excludes halogenated alkanes) is 55. The molecular formula is C78H149NO5. The van der Waals surface area contributed by atoms with E-state index in [9.17, 15) is 19.8 Å². The van der Waals surface area contributed by atoms with E-state index in [1.165, 1.54) is 340 Å². The van der Waals surface area contributed by atoms with Gasteiger partial charge in [-0.05, 0) is 83.5 Å². The predicted octanol–water partition coefficient (Wildman–Crippen LogP) is 25.0. The SMILES string of the molecule is CCCCCCCC/C=C\CCCCCCCC(=O)OCCCCCCCCCCCCCCCCC/C=C\C/C=C\CCCCCCCCCCCCCCCCCCCC(=O)NC(CO)C(O)CCCCCCCCCCCCCCC. The lowest BCUT2D eigenvalue weighted by Crippen LogP contribution is -2.45. The Morgan fingerprint density at radius 3 is 0.917 bits per heavy atom. The highest BCUT2D eigenvalue weighted by Gasteiger charge is 2.20. The highest BCUT2D eigenvalue weighted by atomic mass is 16.5. The number of rotatable bonds is 72. The number of hydrogen-bond acceptors (Lipinski definition) is 5. The Labute approximate surface area is 525 Å². The fourth-order valence-corrected chi connectivity index (χ4v) is 12.1. The summed E-state index contributed by atoms with van der Waals surface area (Å²) in [6.45, 7) is 4.98. The van der Waals surface area contributed by atoms with Crippen LogP contribution in [0, 0.1) is 0 Å². The lowest BCUT2D eigenvalue weighted by Gasteiger charge is -2.22. The zero-order valence-electron chi connectivity index (χ0n) is 56.9. The minimum Gasteiger partial charge on any atom is -0.466 e. The lowest BCUT2D eigenvalue weighted by molar-refractivity contribution is -0.143. The third-order valence-electron chi connectivity index (χ3n) is 17.9. The summed E-state index contributed by atoms with van der Waals surface area (Å²) in [6.07, 6.45) is 95.2. The smallest absolute Gasteiger partial charge is 0.305 e. The van der Waals surface area contributed by atoms with Crippen molar-refractivity contribution in [3.05, 3.63) is 36.5 Å². The van der Waals surface area contributed by atoms with Crippen molar-refractivity contribution < 1.29 is 24.5 Å². The van der Waals surface area contributed by atoms with Crippen LogP contribution in [0.3, 0.4) is 0 Å². The molecule has 0 aromatic rings. The van der Waals surface area contributed by atoms with Crippen molar-refractivity contribution in [2.45, 2.75) is 437 Å². The maximum atomic E-state index is 12.5. The number of aliphatic hydroxyl groups excluding tert-OH is 2. The monoisotopic (exact) mass is 1180 g/mol. The fourth-order valence-electron chi connectivity index (χ4n) is 12.1. The van der Waals surface area contributed by atoms with E-state index in [0.717, 1.165) is 51.4 Å². The van der Waals surface area contributed by atoms with Crippen LogP contribution in [0.15, 0.2) is 36.5 Å². The summed E-state index contributed by atoms with van der Waals surface area (Å²) in [4.78, 5) is 24.6. The van der Waals surface area contributed by atoms with E-state index in [0.29, 0.717) is 25.9 Å². The second-order valence-electron chi connectivity index (χ2n) is 26.3. The van der Waals surface area contributed by atoms with Crippen molar-refractivity contribution in [1.82, 2.24) is 5.32 Å². The Hall–Kier alpha value is -1.92. The van der Waals surface area contributed by atoms with Gasteiger partial charge in [0.15, 0.2) is 0 Å². The van der Waals surface area contributed by atoms with E-state index in [1.54, 1.807) is 0 Å². The highest BCUT2D eigenvalue weighted by Crippen LogP contribution is 2.19. The zero-order valence-corrected chi connectivity index (χ0v) is 56.9. The van der Waals surface area contributed by atoms with Gasteiger partial charge in [-0.2, -0.15) is 0 Å². The van der Waals surface area contributed by atoms with Crippen molar-refractivity contribution >= 4 is 11.9 Å². The zero-order chi connectivity index (χ0) is 60.6. The topological polar surface area (TPSA) is 95.9 Å². The first-order chi connectivity index (χ1) is 41.5. The summed E-state index contributed by atoms with van der Waals surface area (Å²) in [5, 5.41) is 23.3. The average Bonchev–Trinajstić information content (AvgIpc) is 3.54. The van der Waals surface area contributed by atoms with Crippen molar-refractivity contribution in [1.29, 1.82) is 0 Å². The molecule has 0 saturated carbocycles. The van der Waals surface area contributed by atoms with Crippen LogP contribution in [0.25, 0.3) is 0 Å². The molecular weight excluding hydrogens is 1030 g/mol. The van der Waals surface area contributed by atoms with Crippen LogP contribution >= 0.6 is 0 Å². The van der Waals surface area contributed by atoms with Gasteiger partial charge in [0, 0.05) is 12.8 Å². The molecule has 0 aliphatic carbocycles. The van der Waals surface area contributed by atoms with Gasteiger partial charge >= 0.3 is 5.97 Å². The molecule has 0 spiro atoms. The molecule has 0 aromatic heterocycles. The molecule has 0 heterocycles. The molecule has 0 aliphatic rings. The van der Waals surface area contributed by atoms with Gasteiger partial charge in [0.2, 0.25) is 5.91 Å². The number of esters is 1. The standard InChI is InChI=1S/C78H149NO5/c1-3-5-7-9-11-13-15-17-43-48-52-56-60-64-68-72-78(83)84-73-69-65-61-57-53-49-45-42-40-38-36-34-32-30-28-26-24-22-20-18-19-21-23-25-27-29-31-33-35-37-39-41-44-47-51-55-59-63-67-71-77(82)79-75(74-80)76(81)70-66-62-58-54-50-46-16-14-12-10-8-6-4-2/h17-19,22,24,43,75-76,80-81H,3-16,20-21,23,25-42,44-74H2,1-2H3,(H,79,82)/b19-18-,24-22-,43-17-. The number of ether oxygens (including phenoxy) is 1. The first-order valence-corrected chi connectivity index (χ1v) is 38.2. The van der Waals surface area contributed by atoms with Crippen LogP contribution < -0.4 is 5.32 Å². The summed E-state index contributed by atoms with van der Waals surface area (Å²) in [6, 6.07) is -0.538. The summed E-state index contributed by atoms with van der Waals surface area (Å²) in [5.74, 6) is -0.0169. The molecule has 0 fully saturated rings. The third-order valence-corrected chi connectivity index (χ3v) is 17.9. The number of hydrogen-bond donors (Lipinski definition) is 3. The van der Waals surface area contributed by atoms with Crippen molar-refractivity contribution in [3.8, 4) is 0 Å². The number of amides is 1.